The Hall–Kier alpha value is -2.77. The molecule has 6 nitrogen and oxygen atoms in total. The number of benzene rings is 2. The fraction of sp³-hybridized carbons (Fsp3) is 0.190. The van der Waals surface area contributed by atoms with Crippen LogP contribution in [0.25, 0.3) is 0 Å². The highest BCUT2D eigenvalue weighted by Crippen LogP contribution is 2.21. The number of aromatic nitrogens is 2. The van der Waals surface area contributed by atoms with Crippen LogP contribution in [0.2, 0.25) is 5.02 Å². The van der Waals surface area contributed by atoms with Crippen LogP contribution < -0.4 is 15.6 Å². The number of amides is 1. The van der Waals surface area contributed by atoms with Gasteiger partial charge in [-0.25, -0.2) is 4.98 Å². The Morgan fingerprint density at radius 3 is 2.66 bits per heavy atom. The van der Waals surface area contributed by atoms with E-state index in [2.05, 4.69) is 15.3 Å². The predicted molar refractivity (Wildman–Crippen MR) is 116 cm³/mol. The van der Waals surface area contributed by atoms with Gasteiger partial charge in [-0.05, 0) is 48.9 Å². The van der Waals surface area contributed by atoms with Gasteiger partial charge in [0.05, 0.1) is 13.5 Å². The van der Waals surface area contributed by atoms with Crippen LogP contribution in [0.4, 0.5) is 5.69 Å². The molecule has 0 aliphatic rings. The summed E-state index contributed by atoms with van der Waals surface area (Å²) in [5, 5.41) is 3.94. The molecule has 0 radical (unpaired) electrons. The minimum atomic E-state index is -0.309. The lowest BCUT2D eigenvalue weighted by Gasteiger charge is -2.09. The zero-order valence-corrected chi connectivity index (χ0v) is 17.6. The van der Waals surface area contributed by atoms with Gasteiger partial charge in [0.15, 0.2) is 5.16 Å². The highest BCUT2D eigenvalue weighted by atomic mass is 35.5. The summed E-state index contributed by atoms with van der Waals surface area (Å²) in [7, 11) is 1.58. The number of ether oxygens (including phenoxy) is 1. The normalized spacial score (nSPS) is 10.6. The molecule has 0 saturated heterocycles. The molecule has 0 saturated carbocycles. The maximum absolute atomic E-state index is 12.5. The molecule has 0 atom stereocenters. The molecule has 2 N–H and O–H groups in total. The highest BCUT2D eigenvalue weighted by Gasteiger charge is 2.13. The molecule has 2 aromatic carbocycles. The second-order valence-corrected chi connectivity index (χ2v) is 7.71. The summed E-state index contributed by atoms with van der Waals surface area (Å²) in [4.78, 5) is 32.0. The average molecular weight is 430 g/mol. The van der Waals surface area contributed by atoms with Crippen molar-refractivity contribution in [1.29, 1.82) is 0 Å². The zero-order valence-electron chi connectivity index (χ0n) is 16.0. The van der Waals surface area contributed by atoms with Crippen molar-refractivity contribution in [2.24, 2.45) is 0 Å². The first-order chi connectivity index (χ1) is 13.9. The third kappa shape index (κ3) is 5.85. The molecular weight excluding hydrogens is 410 g/mol. The standard InChI is InChI=1S/C21H20ClN3O3S/c1-13-18(11-19(26)24-16-6-8-17(28-2)9-7-16)20(27)25-21(23-13)29-12-14-4-3-5-15(22)10-14/h3-10H,11-12H2,1-2H3,(H,24,26)(H,23,25,27). The fourth-order valence-electron chi connectivity index (χ4n) is 2.68. The van der Waals surface area contributed by atoms with Crippen molar-refractivity contribution in [2.75, 3.05) is 12.4 Å². The van der Waals surface area contributed by atoms with Crippen molar-refractivity contribution in [1.82, 2.24) is 9.97 Å². The first kappa shape index (κ1) is 21.0. The largest absolute Gasteiger partial charge is 0.497 e. The molecule has 0 aliphatic heterocycles. The Kier molecular flexibility index (Phi) is 6.95. The SMILES string of the molecule is COc1ccc(NC(=O)Cc2c(C)nc(SCc3cccc(Cl)c3)[nH]c2=O)cc1. The number of carbonyl (C=O) groups is 1. The van der Waals surface area contributed by atoms with Crippen LogP contribution >= 0.6 is 23.4 Å². The molecular formula is C21H20ClN3O3S. The van der Waals surface area contributed by atoms with E-state index in [1.54, 1.807) is 38.3 Å². The van der Waals surface area contributed by atoms with Crippen LogP contribution in [0.5, 0.6) is 5.75 Å². The van der Waals surface area contributed by atoms with E-state index >= 15 is 0 Å². The van der Waals surface area contributed by atoms with Crippen LogP contribution in [-0.2, 0) is 17.0 Å². The molecule has 0 bridgehead atoms. The lowest BCUT2D eigenvalue weighted by Crippen LogP contribution is -2.23. The maximum Gasteiger partial charge on any atom is 0.255 e. The minimum Gasteiger partial charge on any atom is -0.497 e. The van der Waals surface area contributed by atoms with Crippen molar-refractivity contribution < 1.29 is 9.53 Å². The Morgan fingerprint density at radius 1 is 1.24 bits per heavy atom. The van der Waals surface area contributed by atoms with Crippen LogP contribution in [-0.4, -0.2) is 23.0 Å². The van der Waals surface area contributed by atoms with Gasteiger partial charge >= 0.3 is 0 Å². The number of aromatic amines is 1. The van der Waals surface area contributed by atoms with E-state index in [9.17, 15) is 9.59 Å². The van der Waals surface area contributed by atoms with Crippen molar-refractivity contribution in [2.45, 2.75) is 24.3 Å². The number of halogens is 1. The lowest BCUT2D eigenvalue weighted by molar-refractivity contribution is -0.115. The second kappa shape index (κ2) is 9.62. The summed E-state index contributed by atoms with van der Waals surface area (Å²) in [6.07, 6.45) is -0.0561. The first-order valence-corrected chi connectivity index (χ1v) is 10.2. The molecule has 3 aromatic rings. The molecule has 3 rings (SSSR count). The van der Waals surface area contributed by atoms with E-state index in [0.717, 1.165) is 5.56 Å². The average Bonchev–Trinajstić information content (AvgIpc) is 2.70. The van der Waals surface area contributed by atoms with Gasteiger partial charge in [-0.2, -0.15) is 0 Å². The first-order valence-electron chi connectivity index (χ1n) is 8.85. The molecule has 1 amide bonds. The summed E-state index contributed by atoms with van der Waals surface area (Å²) >= 11 is 7.40. The maximum atomic E-state index is 12.5. The highest BCUT2D eigenvalue weighted by molar-refractivity contribution is 7.98. The van der Waals surface area contributed by atoms with Gasteiger partial charge in [-0.1, -0.05) is 35.5 Å². The number of H-pyrrole nitrogens is 1. The number of carbonyl (C=O) groups excluding carboxylic acids is 1. The molecule has 0 spiro atoms. The molecule has 0 aliphatic carbocycles. The number of thioether (sulfide) groups is 1. The van der Waals surface area contributed by atoms with Gasteiger partial charge in [0.2, 0.25) is 5.91 Å². The van der Waals surface area contributed by atoms with Crippen LogP contribution in [0, 0.1) is 6.92 Å². The number of hydrogen-bond donors (Lipinski definition) is 2. The quantitative estimate of drug-likeness (QED) is 0.434. The van der Waals surface area contributed by atoms with Gasteiger partial charge in [-0.15, -0.1) is 0 Å². The van der Waals surface area contributed by atoms with E-state index < -0.39 is 0 Å². The van der Waals surface area contributed by atoms with E-state index in [0.29, 0.717) is 38.6 Å². The molecule has 1 heterocycles. The Labute approximate surface area is 177 Å². The Morgan fingerprint density at radius 2 is 2.00 bits per heavy atom. The van der Waals surface area contributed by atoms with E-state index in [1.165, 1.54) is 11.8 Å². The van der Waals surface area contributed by atoms with Crippen molar-refractivity contribution >= 4 is 35.0 Å². The number of aryl methyl sites for hydroxylation is 1. The van der Waals surface area contributed by atoms with Gasteiger partial charge in [0, 0.05) is 27.7 Å². The van der Waals surface area contributed by atoms with Crippen molar-refractivity contribution in [3.63, 3.8) is 0 Å². The van der Waals surface area contributed by atoms with Gasteiger partial charge < -0.3 is 15.0 Å². The summed E-state index contributed by atoms with van der Waals surface area (Å²) in [5.41, 5.74) is 2.24. The van der Waals surface area contributed by atoms with Crippen LogP contribution in [0.3, 0.4) is 0 Å². The van der Waals surface area contributed by atoms with Crippen molar-refractivity contribution in [3.05, 3.63) is 80.7 Å². The minimum absolute atomic E-state index is 0.0561. The van der Waals surface area contributed by atoms with Crippen molar-refractivity contribution in [3.8, 4) is 5.75 Å². The molecule has 1 aromatic heterocycles. The lowest BCUT2D eigenvalue weighted by atomic mass is 10.1. The second-order valence-electron chi connectivity index (χ2n) is 6.31. The van der Waals surface area contributed by atoms with Crippen LogP contribution in [0.15, 0.2) is 58.5 Å². The molecule has 150 valence electrons. The summed E-state index contributed by atoms with van der Waals surface area (Å²) in [6.45, 7) is 1.73. The number of methoxy groups -OCH3 is 1. The summed E-state index contributed by atoms with van der Waals surface area (Å²) in [5.74, 6) is 1.04. The molecule has 0 fully saturated rings. The summed E-state index contributed by atoms with van der Waals surface area (Å²) < 4.78 is 5.09. The molecule has 8 heteroatoms. The zero-order chi connectivity index (χ0) is 20.8. The Bertz CT molecular complexity index is 1070. The number of hydrogen-bond acceptors (Lipinski definition) is 5. The fourth-order valence-corrected chi connectivity index (χ4v) is 3.74. The van der Waals surface area contributed by atoms with Gasteiger partial charge in [-0.3, -0.25) is 9.59 Å². The van der Waals surface area contributed by atoms with Gasteiger partial charge in [0.1, 0.15) is 5.75 Å². The molecule has 0 unspecified atom stereocenters. The monoisotopic (exact) mass is 429 g/mol. The van der Waals surface area contributed by atoms with E-state index in [4.69, 9.17) is 16.3 Å². The number of anilines is 1. The van der Waals surface area contributed by atoms with Gasteiger partial charge in [0.25, 0.3) is 5.56 Å². The molecule has 29 heavy (non-hydrogen) atoms. The Balaban J connectivity index is 1.65. The smallest absolute Gasteiger partial charge is 0.255 e. The number of rotatable bonds is 7. The number of nitrogens with one attached hydrogen (secondary N) is 2. The van der Waals surface area contributed by atoms with E-state index in [1.807, 2.05) is 24.3 Å². The van der Waals surface area contributed by atoms with Crippen LogP contribution in [0.1, 0.15) is 16.8 Å². The number of nitrogens with zero attached hydrogens (tertiary/aromatic N) is 1. The predicted octanol–water partition coefficient (Wildman–Crippen LogP) is 4.21. The third-order valence-corrected chi connectivity index (χ3v) is 5.36. The third-order valence-electron chi connectivity index (χ3n) is 4.18. The summed E-state index contributed by atoms with van der Waals surface area (Å²) in [6, 6.07) is 14.5. The van der Waals surface area contributed by atoms with E-state index in [-0.39, 0.29) is 17.9 Å². The topological polar surface area (TPSA) is 84.1 Å².